The van der Waals surface area contributed by atoms with Crippen molar-refractivity contribution in [3.8, 4) is 0 Å². The molecule has 0 amide bonds. The van der Waals surface area contributed by atoms with Gasteiger partial charge >= 0.3 is 0 Å². The van der Waals surface area contributed by atoms with Crippen LogP contribution in [0.5, 0.6) is 0 Å². The first-order valence-electron chi connectivity index (χ1n) is 7.52. The van der Waals surface area contributed by atoms with Crippen molar-refractivity contribution >= 4 is 0 Å². The summed E-state index contributed by atoms with van der Waals surface area (Å²) in [5.74, 6) is -0.259. The fourth-order valence-corrected chi connectivity index (χ4v) is 2.48. The average molecular weight is 290 g/mol. The van der Waals surface area contributed by atoms with E-state index in [9.17, 15) is 4.39 Å². The molecule has 1 unspecified atom stereocenters. The van der Waals surface area contributed by atoms with E-state index in [-0.39, 0.29) is 11.9 Å². The van der Waals surface area contributed by atoms with Crippen molar-refractivity contribution in [3.63, 3.8) is 0 Å². The van der Waals surface area contributed by atoms with Crippen LogP contribution in [0.25, 0.3) is 0 Å². The third-order valence-electron chi connectivity index (χ3n) is 3.46. The quantitative estimate of drug-likeness (QED) is 0.852. The monoisotopic (exact) mass is 290 g/mol. The maximum Gasteiger partial charge on any atom is 0.146 e. The minimum absolute atomic E-state index is 0.132. The van der Waals surface area contributed by atoms with E-state index in [1.807, 2.05) is 11.6 Å². The molecule has 2 aromatic rings. The van der Waals surface area contributed by atoms with Crippen LogP contribution in [-0.4, -0.2) is 21.3 Å². The molecule has 2 aromatic heterocycles. The summed E-state index contributed by atoms with van der Waals surface area (Å²) in [5, 5.41) is 7.85. The second kappa shape index (κ2) is 7.31. The van der Waals surface area contributed by atoms with Crippen LogP contribution in [0.4, 0.5) is 4.39 Å². The summed E-state index contributed by atoms with van der Waals surface area (Å²) in [6.07, 6.45) is 3.32. The summed E-state index contributed by atoms with van der Waals surface area (Å²) in [7, 11) is 0. The van der Waals surface area contributed by atoms with E-state index >= 15 is 0 Å². The van der Waals surface area contributed by atoms with Crippen molar-refractivity contribution in [2.24, 2.45) is 0 Å². The highest BCUT2D eigenvalue weighted by Crippen LogP contribution is 2.20. The molecule has 0 aliphatic rings. The lowest BCUT2D eigenvalue weighted by molar-refractivity contribution is 0.467. The highest BCUT2D eigenvalue weighted by molar-refractivity contribution is 5.17. The lowest BCUT2D eigenvalue weighted by Crippen LogP contribution is -2.27. The number of halogens is 1. The highest BCUT2D eigenvalue weighted by atomic mass is 19.1. The Hall–Kier alpha value is -1.75. The SMILES string of the molecule is CCCNC(Cc1cc(C)nn1CC)c1ncccc1F. The standard InChI is InChI=1S/C16H23FN4/c1-4-8-18-15(16-14(17)7-6-9-19-16)11-13-10-12(3)20-21(13)5-2/h6-7,9-10,15,18H,4-5,8,11H2,1-3H3. The van der Waals surface area contributed by atoms with Crippen LogP contribution < -0.4 is 5.32 Å². The Labute approximate surface area is 125 Å². The lowest BCUT2D eigenvalue weighted by atomic mass is 10.1. The van der Waals surface area contributed by atoms with Crippen LogP contribution in [0.15, 0.2) is 24.4 Å². The van der Waals surface area contributed by atoms with E-state index < -0.39 is 0 Å². The average Bonchev–Trinajstić information content (AvgIpc) is 2.84. The molecule has 0 aliphatic heterocycles. The summed E-state index contributed by atoms with van der Waals surface area (Å²) >= 11 is 0. The zero-order chi connectivity index (χ0) is 15.2. The van der Waals surface area contributed by atoms with Crippen molar-refractivity contribution in [1.29, 1.82) is 0 Å². The van der Waals surface area contributed by atoms with Gasteiger partial charge in [0.15, 0.2) is 0 Å². The summed E-state index contributed by atoms with van der Waals surface area (Å²) in [4.78, 5) is 4.22. The molecule has 5 heteroatoms. The molecule has 1 atom stereocenters. The van der Waals surface area contributed by atoms with Crippen molar-refractivity contribution in [2.75, 3.05) is 6.54 Å². The minimum atomic E-state index is -0.259. The first-order valence-corrected chi connectivity index (χ1v) is 7.52. The van der Waals surface area contributed by atoms with Gasteiger partial charge in [0, 0.05) is 24.9 Å². The normalized spacial score (nSPS) is 12.6. The molecule has 0 radical (unpaired) electrons. The van der Waals surface area contributed by atoms with Crippen LogP contribution in [0.3, 0.4) is 0 Å². The molecule has 0 fully saturated rings. The fourth-order valence-electron chi connectivity index (χ4n) is 2.48. The largest absolute Gasteiger partial charge is 0.308 e. The third-order valence-corrected chi connectivity index (χ3v) is 3.46. The fraction of sp³-hybridized carbons (Fsp3) is 0.500. The highest BCUT2D eigenvalue weighted by Gasteiger charge is 2.19. The van der Waals surface area contributed by atoms with Gasteiger partial charge in [-0.05, 0) is 45.0 Å². The Morgan fingerprint density at radius 1 is 1.38 bits per heavy atom. The lowest BCUT2D eigenvalue weighted by Gasteiger charge is -2.19. The molecule has 0 spiro atoms. The molecule has 4 nitrogen and oxygen atoms in total. The summed E-state index contributed by atoms with van der Waals surface area (Å²) in [6, 6.07) is 5.01. The molecule has 0 aliphatic carbocycles. The van der Waals surface area contributed by atoms with Gasteiger partial charge < -0.3 is 5.32 Å². The molecule has 0 saturated carbocycles. The smallest absolute Gasteiger partial charge is 0.146 e. The van der Waals surface area contributed by atoms with Gasteiger partial charge in [0.05, 0.1) is 17.4 Å². The Morgan fingerprint density at radius 2 is 2.19 bits per heavy atom. The third kappa shape index (κ3) is 3.88. The van der Waals surface area contributed by atoms with E-state index in [1.165, 1.54) is 6.07 Å². The second-order valence-corrected chi connectivity index (χ2v) is 5.17. The molecular formula is C16H23FN4. The molecule has 21 heavy (non-hydrogen) atoms. The second-order valence-electron chi connectivity index (χ2n) is 5.17. The molecule has 1 N–H and O–H groups in total. The molecule has 2 heterocycles. The molecule has 2 rings (SSSR count). The van der Waals surface area contributed by atoms with Gasteiger partial charge in [-0.15, -0.1) is 0 Å². The van der Waals surface area contributed by atoms with Gasteiger partial charge in [-0.2, -0.15) is 5.10 Å². The van der Waals surface area contributed by atoms with Crippen LogP contribution in [-0.2, 0) is 13.0 Å². The number of hydrogen-bond acceptors (Lipinski definition) is 3. The number of aromatic nitrogens is 3. The van der Waals surface area contributed by atoms with E-state index in [0.717, 1.165) is 30.9 Å². The molecular weight excluding hydrogens is 267 g/mol. The van der Waals surface area contributed by atoms with Crippen LogP contribution in [0.1, 0.15) is 43.4 Å². The molecule has 0 bridgehead atoms. The maximum absolute atomic E-state index is 14.0. The van der Waals surface area contributed by atoms with E-state index in [4.69, 9.17) is 0 Å². The zero-order valence-corrected chi connectivity index (χ0v) is 12.9. The van der Waals surface area contributed by atoms with Crippen molar-refractivity contribution in [1.82, 2.24) is 20.1 Å². The predicted molar refractivity (Wildman–Crippen MR) is 81.6 cm³/mol. The topological polar surface area (TPSA) is 42.7 Å². The Balaban J connectivity index is 2.26. The van der Waals surface area contributed by atoms with Gasteiger partial charge in [0.25, 0.3) is 0 Å². The van der Waals surface area contributed by atoms with Crippen LogP contribution in [0.2, 0.25) is 0 Å². The molecule has 114 valence electrons. The summed E-state index contributed by atoms with van der Waals surface area (Å²) < 4.78 is 16.0. The first-order chi connectivity index (χ1) is 10.2. The van der Waals surface area contributed by atoms with Gasteiger partial charge in [-0.3, -0.25) is 9.67 Å². The van der Waals surface area contributed by atoms with Crippen LogP contribution >= 0.6 is 0 Å². The van der Waals surface area contributed by atoms with E-state index in [2.05, 4.69) is 35.3 Å². The van der Waals surface area contributed by atoms with Crippen molar-refractivity contribution < 1.29 is 4.39 Å². The Bertz CT molecular complexity index is 579. The summed E-state index contributed by atoms with van der Waals surface area (Å²) in [5.41, 5.74) is 2.57. The molecule has 0 saturated heterocycles. The van der Waals surface area contributed by atoms with Crippen molar-refractivity contribution in [3.05, 3.63) is 47.3 Å². The van der Waals surface area contributed by atoms with E-state index in [1.54, 1.807) is 12.3 Å². The summed E-state index contributed by atoms with van der Waals surface area (Å²) in [6.45, 7) is 7.78. The van der Waals surface area contributed by atoms with Gasteiger partial charge in [0.2, 0.25) is 0 Å². The predicted octanol–water partition coefficient (Wildman–Crippen LogP) is 3.03. The number of nitrogens with zero attached hydrogens (tertiary/aromatic N) is 3. The number of nitrogens with one attached hydrogen (secondary N) is 1. The van der Waals surface area contributed by atoms with Gasteiger partial charge in [0.1, 0.15) is 5.82 Å². The molecule has 0 aromatic carbocycles. The number of pyridine rings is 1. The number of rotatable bonds is 7. The Kier molecular flexibility index (Phi) is 5.44. The van der Waals surface area contributed by atoms with Crippen LogP contribution in [0, 0.1) is 12.7 Å². The van der Waals surface area contributed by atoms with Crippen molar-refractivity contribution in [2.45, 2.75) is 46.2 Å². The van der Waals surface area contributed by atoms with Gasteiger partial charge in [-0.25, -0.2) is 4.39 Å². The number of aryl methyl sites for hydroxylation is 2. The maximum atomic E-state index is 14.0. The minimum Gasteiger partial charge on any atom is -0.308 e. The Morgan fingerprint density at radius 3 is 2.86 bits per heavy atom. The zero-order valence-electron chi connectivity index (χ0n) is 12.9. The first kappa shape index (κ1) is 15.6. The van der Waals surface area contributed by atoms with Gasteiger partial charge in [-0.1, -0.05) is 6.92 Å². The van der Waals surface area contributed by atoms with E-state index in [0.29, 0.717) is 12.1 Å². The number of hydrogen-bond donors (Lipinski definition) is 1.